The van der Waals surface area contributed by atoms with Crippen LogP contribution >= 0.6 is 15.9 Å². The van der Waals surface area contributed by atoms with Gasteiger partial charge in [-0.05, 0) is 43.3 Å². The first-order valence-corrected chi connectivity index (χ1v) is 6.82. The predicted molar refractivity (Wildman–Crippen MR) is 78.4 cm³/mol. The Bertz CT molecular complexity index is 623. The third kappa shape index (κ3) is 3.81. The summed E-state index contributed by atoms with van der Waals surface area (Å²) in [4.78, 5) is 11.7. The number of carbonyl (C=O) groups excluding carboxylic acids is 1. The molecule has 3 nitrogen and oxygen atoms in total. The van der Waals surface area contributed by atoms with Crippen molar-refractivity contribution in [3.8, 4) is 0 Å². The zero-order chi connectivity index (χ0) is 14.5. The molecule has 1 aromatic carbocycles. The van der Waals surface area contributed by atoms with Crippen LogP contribution < -0.4 is 5.32 Å². The van der Waals surface area contributed by atoms with Crippen molar-refractivity contribution in [2.45, 2.75) is 13.0 Å². The predicted octanol–water partition coefficient (Wildman–Crippen LogP) is 4.07. The number of halogens is 2. The summed E-state index contributed by atoms with van der Waals surface area (Å²) in [6.07, 6.45) is 4.28. The number of benzene rings is 1. The van der Waals surface area contributed by atoms with E-state index in [1.54, 1.807) is 30.5 Å². The Morgan fingerprint density at radius 1 is 1.45 bits per heavy atom. The molecule has 2 rings (SSSR count). The fraction of sp³-hybridized carbons (Fsp3) is 0.133. The fourth-order valence-corrected chi connectivity index (χ4v) is 2.06. The lowest BCUT2D eigenvalue weighted by atomic mass is 10.2. The Kier molecular flexibility index (Phi) is 4.74. The number of hydrogen-bond acceptors (Lipinski definition) is 2. The second kappa shape index (κ2) is 6.52. The van der Waals surface area contributed by atoms with Gasteiger partial charge in [0.05, 0.1) is 12.3 Å². The zero-order valence-electron chi connectivity index (χ0n) is 10.8. The van der Waals surface area contributed by atoms with Gasteiger partial charge >= 0.3 is 0 Å². The van der Waals surface area contributed by atoms with Crippen molar-refractivity contribution >= 4 is 27.9 Å². The van der Waals surface area contributed by atoms with Crippen molar-refractivity contribution in [1.29, 1.82) is 0 Å². The minimum Gasteiger partial charge on any atom is -0.467 e. The lowest BCUT2D eigenvalue weighted by molar-refractivity contribution is -0.117. The Balaban J connectivity index is 2.00. The maximum atomic E-state index is 13.5. The van der Waals surface area contributed by atoms with Gasteiger partial charge in [-0.2, -0.15) is 0 Å². The quantitative estimate of drug-likeness (QED) is 0.854. The van der Waals surface area contributed by atoms with E-state index in [-0.39, 0.29) is 17.8 Å². The van der Waals surface area contributed by atoms with Crippen LogP contribution in [0.1, 0.15) is 24.3 Å². The molecule has 0 aliphatic rings. The molecule has 1 aromatic heterocycles. The molecule has 1 amide bonds. The van der Waals surface area contributed by atoms with Crippen LogP contribution in [0.15, 0.2) is 51.6 Å². The number of carbonyl (C=O) groups is 1. The van der Waals surface area contributed by atoms with Crippen molar-refractivity contribution in [3.63, 3.8) is 0 Å². The smallest absolute Gasteiger partial charge is 0.244 e. The van der Waals surface area contributed by atoms with Crippen LogP contribution in [0.5, 0.6) is 0 Å². The Morgan fingerprint density at radius 3 is 2.95 bits per heavy atom. The minimum atomic E-state index is -0.378. The lowest BCUT2D eigenvalue weighted by Gasteiger charge is -2.09. The average Bonchev–Trinajstić information content (AvgIpc) is 2.94. The second-order valence-electron chi connectivity index (χ2n) is 4.24. The molecule has 0 aliphatic carbocycles. The number of hydrogen-bond donors (Lipinski definition) is 1. The minimum absolute atomic E-state index is 0.241. The van der Waals surface area contributed by atoms with Gasteiger partial charge in [0, 0.05) is 16.1 Å². The molecule has 20 heavy (non-hydrogen) atoms. The monoisotopic (exact) mass is 337 g/mol. The average molecular weight is 338 g/mol. The van der Waals surface area contributed by atoms with E-state index in [4.69, 9.17) is 4.42 Å². The van der Waals surface area contributed by atoms with Crippen LogP contribution in [-0.2, 0) is 4.79 Å². The highest BCUT2D eigenvalue weighted by Crippen LogP contribution is 2.17. The van der Waals surface area contributed by atoms with Crippen molar-refractivity contribution in [2.24, 2.45) is 0 Å². The summed E-state index contributed by atoms with van der Waals surface area (Å²) in [5, 5.41) is 2.73. The molecule has 104 valence electrons. The molecule has 0 saturated carbocycles. The Hall–Kier alpha value is -1.88. The van der Waals surface area contributed by atoms with Gasteiger partial charge in [0.15, 0.2) is 0 Å². The first kappa shape index (κ1) is 14.5. The lowest BCUT2D eigenvalue weighted by Crippen LogP contribution is -2.24. The molecule has 1 heterocycles. The molecule has 0 saturated heterocycles. The van der Waals surface area contributed by atoms with Crippen LogP contribution in [-0.4, -0.2) is 5.91 Å². The van der Waals surface area contributed by atoms with Gasteiger partial charge < -0.3 is 9.73 Å². The second-order valence-corrected chi connectivity index (χ2v) is 5.16. The molecule has 1 atom stereocenters. The summed E-state index contributed by atoms with van der Waals surface area (Å²) in [6, 6.07) is 7.84. The molecular weight excluding hydrogens is 325 g/mol. The molecule has 5 heteroatoms. The van der Waals surface area contributed by atoms with Gasteiger partial charge in [-0.1, -0.05) is 15.9 Å². The van der Waals surface area contributed by atoms with Gasteiger partial charge in [-0.15, -0.1) is 0 Å². The first-order chi connectivity index (χ1) is 9.56. The van der Waals surface area contributed by atoms with E-state index in [1.165, 1.54) is 18.2 Å². The Labute approximate surface area is 124 Å². The van der Waals surface area contributed by atoms with Gasteiger partial charge in [-0.25, -0.2) is 4.39 Å². The SMILES string of the molecule is C[C@H](NC(=O)/C=C/c1cc(Br)ccc1F)c1ccco1. The van der Waals surface area contributed by atoms with E-state index >= 15 is 0 Å². The topological polar surface area (TPSA) is 42.2 Å². The summed E-state index contributed by atoms with van der Waals surface area (Å²) in [5.41, 5.74) is 0.347. The first-order valence-electron chi connectivity index (χ1n) is 6.03. The van der Waals surface area contributed by atoms with E-state index in [2.05, 4.69) is 21.2 Å². The van der Waals surface area contributed by atoms with E-state index in [0.717, 1.165) is 4.47 Å². The number of amides is 1. The van der Waals surface area contributed by atoms with Crippen molar-refractivity contribution in [1.82, 2.24) is 5.32 Å². The third-order valence-corrected chi connectivity index (χ3v) is 3.19. The van der Waals surface area contributed by atoms with Crippen LogP contribution in [0, 0.1) is 5.82 Å². The van der Waals surface area contributed by atoms with E-state index in [0.29, 0.717) is 11.3 Å². The van der Waals surface area contributed by atoms with Gasteiger partial charge in [0.2, 0.25) is 5.91 Å². The summed E-state index contributed by atoms with van der Waals surface area (Å²) in [6.45, 7) is 1.81. The normalized spacial score (nSPS) is 12.6. The van der Waals surface area contributed by atoms with E-state index in [1.807, 2.05) is 6.92 Å². The summed E-state index contributed by atoms with van der Waals surface area (Å²) in [5.74, 6) is -0.0232. The molecule has 2 aromatic rings. The summed E-state index contributed by atoms with van der Waals surface area (Å²) >= 11 is 3.26. The standard InChI is InChI=1S/C15H13BrFNO2/c1-10(14-3-2-8-20-14)18-15(19)7-4-11-9-12(16)5-6-13(11)17/h2-10H,1H3,(H,18,19)/b7-4+/t10-/m0/s1. The highest BCUT2D eigenvalue weighted by molar-refractivity contribution is 9.10. The maximum absolute atomic E-state index is 13.5. The molecule has 0 bridgehead atoms. The maximum Gasteiger partial charge on any atom is 0.244 e. The van der Waals surface area contributed by atoms with Crippen LogP contribution in [0.2, 0.25) is 0 Å². The van der Waals surface area contributed by atoms with Gasteiger partial charge in [-0.3, -0.25) is 4.79 Å². The van der Waals surface area contributed by atoms with Crippen LogP contribution in [0.25, 0.3) is 6.08 Å². The molecular formula is C15H13BrFNO2. The molecule has 0 radical (unpaired) electrons. The highest BCUT2D eigenvalue weighted by atomic mass is 79.9. The van der Waals surface area contributed by atoms with Gasteiger partial charge in [0.25, 0.3) is 0 Å². The number of rotatable bonds is 4. The highest BCUT2D eigenvalue weighted by Gasteiger charge is 2.09. The zero-order valence-corrected chi connectivity index (χ0v) is 12.4. The third-order valence-electron chi connectivity index (χ3n) is 2.70. The van der Waals surface area contributed by atoms with Crippen molar-refractivity contribution < 1.29 is 13.6 Å². The van der Waals surface area contributed by atoms with Gasteiger partial charge in [0.1, 0.15) is 11.6 Å². The van der Waals surface area contributed by atoms with E-state index < -0.39 is 0 Å². The molecule has 0 unspecified atom stereocenters. The van der Waals surface area contributed by atoms with Crippen LogP contribution in [0.4, 0.5) is 4.39 Å². The van der Waals surface area contributed by atoms with Crippen molar-refractivity contribution in [2.75, 3.05) is 0 Å². The summed E-state index contributed by atoms with van der Waals surface area (Å²) < 4.78 is 19.4. The largest absolute Gasteiger partial charge is 0.467 e. The molecule has 0 aliphatic heterocycles. The van der Waals surface area contributed by atoms with Crippen molar-refractivity contribution in [3.05, 3.63) is 64.3 Å². The molecule has 0 spiro atoms. The molecule has 1 N–H and O–H groups in total. The number of nitrogens with one attached hydrogen (secondary N) is 1. The Morgan fingerprint density at radius 2 is 2.25 bits per heavy atom. The number of furan rings is 1. The molecule has 0 fully saturated rings. The van der Waals surface area contributed by atoms with Crippen LogP contribution in [0.3, 0.4) is 0 Å². The van der Waals surface area contributed by atoms with E-state index in [9.17, 15) is 9.18 Å². The fourth-order valence-electron chi connectivity index (χ4n) is 1.68. The summed E-state index contributed by atoms with van der Waals surface area (Å²) in [7, 11) is 0.